The van der Waals surface area contributed by atoms with Gasteiger partial charge in [0.05, 0.1) is 25.6 Å². The summed E-state index contributed by atoms with van der Waals surface area (Å²) in [5.74, 6) is 0.668. The number of hydrogen-bond acceptors (Lipinski definition) is 5. The lowest BCUT2D eigenvalue weighted by Crippen LogP contribution is -2.34. The molecular formula is C17H27NO4. The molecule has 3 atom stereocenters. The van der Waals surface area contributed by atoms with Crippen molar-refractivity contribution in [1.82, 2.24) is 4.90 Å². The van der Waals surface area contributed by atoms with Crippen LogP contribution in [0.3, 0.4) is 0 Å². The fourth-order valence-electron chi connectivity index (χ4n) is 3.48. The average molecular weight is 309 g/mol. The molecule has 2 saturated heterocycles. The quantitative estimate of drug-likeness (QED) is 0.747. The molecule has 124 valence electrons. The maximum atomic E-state index is 10.2. The van der Waals surface area contributed by atoms with E-state index in [1.807, 2.05) is 12.1 Å². The lowest BCUT2D eigenvalue weighted by molar-refractivity contribution is 0.00734. The van der Waals surface area contributed by atoms with Crippen molar-refractivity contribution in [1.29, 1.82) is 0 Å². The first kappa shape index (κ1) is 16.0. The summed E-state index contributed by atoms with van der Waals surface area (Å²) in [6, 6.07) is 4.09. The summed E-state index contributed by atoms with van der Waals surface area (Å²) in [5.41, 5.74) is 0. The zero-order chi connectivity index (χ0) is 15.2. The Morgan fingerprint density at radius 3 is 3.09 bits per heavy atom. The Hall–Kier alpha value is -0.880. The molecule has 2 aliphatic rings. The Kier molecular flexibility index (Phi) is 5.89. The van der Waals surface area contributed by atoms with Gasteiger partial charge in [-0.3, -0.25) is 4.90 Å². The van der Waals surface area contributed by atoms with Crippen LogP contribution in [0.25, 0.3) is 0 Å². The van der Waals surface area contributed by atoms with Gasteiger partial charge in [0.1, 0.15) is 11.9 Å². The molecule has 0 amide bonds. The minimum absolute atomic E-state index is 0.301. The molecule has 1 N–H and O–H groups in total. The molecule has 0 aliphatic carbocycles. The molecule has 3 rings (SSSR count). The highest BCUT2D eigenvalue weighted by molar-refractivity contribution is 5.02. The number of nitrogens with zero attached hydrogens (tertiary/aromatic N) is 1. The van der Waals surface area contributed by atoms with Crippen LogP contribution < -0.4 is 0 Å². The molecule has 1 aromatic heterocycles. The Morgan fingerprint density at radius 2 is 2.32 bits per heavy atom. The predicted octanol–water partition coefficient (Wildman–Crippen LogP) is 2.36. The summed E-state index contributed by atoms with van der Waals surface area (Å²) >= 11 is 0. The second-order valence-corrected chi connectivity index (χ2v) is 6.31. The van der Waals surface area contributed by atoms with Crippen molar-refractivity contribution in [2.45, 2.75) is 50.4 Å². The van der Waals surface area contributed by atoms with Gasteiger partial charge in [-0.15, -0.1) is 0 Å². The molecule has 3 unspecified atom stereocenters. The summed E-state index contributed by atoms with van der Waals surface area (Å²) in [7, 11) is 0. The highest BCUT2D eigenvalue weighted by Gasteiger charge is 2.27. The molecule has 1 aromatic rings. The number of ether oxygens (including phenoxy) is 2. The van der Waals surface area contributed by atoms with Gasteiger partial charge in [0.25, 0.3) is 0 Å². The van der Waals surface area contributed by atoms with Gasteiger partial charge in [-0.25, -0.2) is 0 Å². The molecule has 0 spiro atoms. The number of aliphatic hydroxyl groups is 1. The Labute approximate surface area is 132 Å². The second-order valence-electron chi connectivity index (χ2n) is 6.31. The third-order valence-corrected chi connectivity index (χ3v) is 4.72. The van der Waals surface area contributed by atoms with Crippen molar-refractivity contribution in [3.05, 3.63) is 24.2 Å². The first-order valence-corrected chi connectivity index (χ1v) is 8.48. The highest BCUT2D eigenvalue weighted by atomic mass is 16.5. The maximum Gasteiger partial charge on any atom is 0.132 e. The van der Waals surface area contributed by atoms with Crippen molar-refractivity contribution >= 4 is 0 Å². The Bertz CT molecular complexity index is 416. The molecule has 0 radical (unpaired) electrons. The van der Waals surface area contributed by atoms with E-state index in [0.717, 1.165) is 52.0 Å². The van der Waals surface area contributed by atoms with Crippen LogP contribution in [0, 0.1) is 0 Å². The molecule has 0 bridgehead atoms. The van der Waals surface area contributed by atoms with Crippen LogP contribution in [-0.2, 0) is 9.47 Å². The molecule has 5 heteroatoms. The number of hydrogen-bond donors (Lipinski definition) is 1. The van der Waals surface area contributed by atoms with Crippen LogP contribution in [-0.4, -0.2) is 55.1 Å². The van der Waals surface area contributed by atoms with Crippen molar-refractivity contribution in [2.24, 2.45) is 0 Å². The van der Waals surface area contributed by atoms with Gasteiger partial charge in [-0.05, 0) is 50.8 Å². The number of likely N-dealkylation sites (tertiary alicyclic amines) is 1. The van der Waals surface area contributed by atoms with E-state index in [0.29, 0.717) is 24.5 Å². The van der Waals surface area contributed by atoms with Crippen LogP contribution in [0.5, 0.6) is 0 Å². The molecule has 0 saturated carbocycles. The van der Waals surface area contributed by atoms with Crippen LogP contribution >= 0.6 is 0 Å². The summed E-state index contributed by atoms with van der Waals surface area (Å²) in [5, 5.41) is 10.2. The van der Waals surface area contributed by atoms with E-state index in [9.17, 15) is 5.11 Å². The third kappa shape index (κ3) is 4.32. The van der Waals surface area contributed by atoms with E-state index in [4.69, 9.17) is 13.9 Å². The fourth-order valence-corrected chi connectivity index (χ4v) is 3.48. The first-order valence-electron chi connectivity index (χ1n) is 8.48. The molecule has 5 nitrogen and oxygen atoms in total. The number of rotatable bonds is 8. The maximum absolute atomic E-state index is 10.2. The van der Waals surface area contributed by atoms with Gasteiger partial charge in [-0.2, -0.15) is 0 Å². The van der Waals surface area contributed by atoms with Gasteiger partial charge in [0.2, 0.25) is 0 Å². The van der Waals surface area contributed by atoms with Crippen LogP contribution in [0.2, 0.25) is 0 Å². The standard InChI is InChI=1S/C17H27NO4/c19-16(17-6-3-10-22-17)12-14-4-1-7-18(14)8-11-20-13-15-5-2-9-21-15/h3,6,10,14-16,19H,1-2,4-5,7-9,11-13H2. The zero-order valence-corrected chi connectivity index (χ0v) is 13.2. The van der Waals surface area contributed by atoms with Gasteiger partial charge < -0.3 is 19.0 Å². The Balaban J connectivity index is 1.36. The van der Waals surface area contributed by atoms with Crippen molar-refractivity contribution in [3.63, 3.8) is 0 Å². The van der Waals surface area contributed by atoms with Gasteiger partial charge >= 0.3 is 0 Å². The van der Waals surface area contributed by atoms with Crippen molar-refractivity contribution in [2.75, 3.05) is 32.9 Å². The van der Waals surface area contributed by atoms with E-state index in [2.05, 4.69) is 4.90 Å². The van der Waals surface area contributed by atoms with Crippen molar-refractivity contribution < 1.29 is 19.0 Å². The van der Waals surface area contributed by atoms with Gasteiger partial charge in [-0.1, -0.05) is 0 Å². The molecule has 0 aromatic carbocycles. The molecule has 3 heterocycles. The van der Waals surface area contributed by atoms with Gasteiger partial charge in [0, 0.05) is 19.2 Å². The predicted molar refractivity (Wildman–Crippen MR) is 82.7 cm³/mol. The molecular weight excluding hydrogens is 282 g/mol. The number of aliphatic hydroxyl groups excluding tert-OH is 1. The minimum atomic E-state index is -0.506. The normalized spacial score (nSPS) is 27.5. The Morgan fingerprint density at radius 1 is 1.36 bits per heavy atom. The summed E-state index contributed by atoms with van der Waals surface area (Å²) in [6.45, 7) is 4.37. The summed E-state index contributed by atoms with van der Waals surface area (Å²) < 4.78 is 16.6. The molecule has 2 aliphatic heterocycles. The van der Waals surface area contributed by atoms with E-state index in [1.54, 1.807) is 6.26 Å². The van der Waals surface area contributed by atoms with Crippen molar-refractivity contribution in [3.8, 4) is 0 Å². The van der Waals surface area contributed by atoms with Crippen LogP contribution in [0.4, 0.5) is 0 Å². The summed E-state index contributed by atoms with van der Waals surface area (Å²) in [4.78, 5) is 2.43. The highest BCUT2D eigenvalue weighted by Crippen LogP contribution is 2.27. The second kappa shape index (κ2) is 8.11. The molecule has 2 fully saturated rings. The fraction of sp³-hybridized carbons (Fsp3) is 0.765. The topological polar surface area (TPSA) is 55.1 Å². The largest absolute Gasteiger partial charge is 0.467 e. The minimum Gasteiger partial charge on any atom is -0.467 e. The summed E-state index contributed by atoms with van der Waals surface area (Å²) in [6.07, 6.45) is 6.77. The lowest BCUT2D eigenvalue weighted by Gasteiger charge is -2.26. The van der Waals surface area contributed by atoms with E-state index < -0.39 is 6.10 Å². The zero-order valence-electron chi connectivity index (χ0n) is 13.2. The lowest BCUT2D eigenvalue weighted by atomic mass is 10.1. The van der Waals surface area contributed by atoms with Crippen LogP contribution in [0.1, 0.15) is 44.0 Å². The SMILES string of the molecule is OC(CC1CCCN1CCOCC1CCCO1)c1ccco1. The van der Waals surface area contributed by atoms with E-state index in [-0.39, 0.29) is 0 Å². The monoisotopic (exact) mass is 309 g/mol. The average Bonchev–Trinajstić information content (AvgIpc) is 3.26. The molecule has 22 heavy (non-hydrogen) atoms. The third-order valence-electron chi connectivity index (χ3n) is 4.72. The van der Waals surface area contributed by atoms with Gasteiger partial charge in [0.15, 0.2) is 0 Å². The number of furan rings is 1. The van der Waals surface area contributed by atoms with E-state index in [1.165, 1.54) is 6.42 Å². The van der Waals surface area contributed by atoms with E-state index >= 15 is 0 Å². The first-order chi connectivity index (χ1) is 10.8. The van der Waals surface area contributed by atoms with Crippen LogP contribution in [0.15, 0.2) is 22.8 Å². The smallest absolute Gasteiger partial charge is 0.132 e.